The SMILES string of the molecule is C=C1CCC(OC)C(F)C1F. The third-order valence-corrected chi connectivity index (χ3v) is 2.08. The number of hydrogen-bond acceptors (Lipinski definition) is 1. The van der Waals surface area contributed by atoms with Crippen molar-refractivity contribution in [1.29, 1.82) is 0 Å². The van der Waals surface area contributed by atoms with Crippen LogP contribution in [0.5, 0.6) is 0 Å². The molecule has 0 N–H and O–H groups in total. The molecule has 1 aliphatic carbocycles. The van der Waals surface area contributed by atoms with Crippen LogP contribution in [0.1, 0.15) is 12.8 Å². The Labute approximate surface area is 65.0 Å². The van der Waals surface area contributed by atoms with Crippen molar-refractivity contribution in [3.63, 3.8) is 0 Å². The van der Waals surface area contributed by atoms with Crippen LogP contribution >= 0.6 is 0 Å². The Morgan fingerprint density at radius 3 is 2.73 bits per heavy atom. The molecule has 0 aromatic rings. The number of alkyl halides is 2. The maximum atomic E-state index is 12.9. The molecule has 3 atom stereocenters. The number of halogens is 2. The molecule has 0 heterocycles. The molecule has 3 unspecified atom stereocenters. The highest BCUT2D eigenvalue weighted by atomic mass is 19.2. The zero-order chi connectivity index (χ0) is 8.43. The number of methoxy groups -OCH3 is 1. The minimum atomic E-state index is -1.53. The van der Waals surface area contributed by atoms with Gasteiger partial charge in [-0.3, -0.25) is 0 Å². The molecule has 0 spiro atoms. The van der Waals surface area contributed by atoms with Gasteiger partial charge in [-0.25, -0.2) is 8.78 Å². The van der Waals surface area contributed by atoms with E-state index in [4.69, 9.17) is 4.74 Å². The summed E-state index contributed by atoms with van der Waals surface area (Å²) >= 11 is 0. The first-order valence-corrected chi connectivity index (χ1v) is 3.65. The van der Waals surface area contributed by atoms with E-state index in [2.05, 4.69) is 6.58 Å². The first-order valence-electron chi connectivity index (χ1n) is 3.65. The van der Waals surface area contributed by atoms with Gasteiger partial charge in [-0.05, 0) is 18.4 Å². The summed E-state index contributed by atoms with van der Waals surface area (Å²) in [5.74, 6) is 0. The summed E-state index contributed by atoms with van der Waals surface area (Å²) in [4.78, 5) is 0. The van der Waals surface area contributed by atoms with Crippen molar-refractivity contribution >= 4 is 0 Å². The lowest BCUT2D eigenvalue weighted by atomic mass is 9.90. The summed E-state index contributed by atoms with van der Waals surface area (Å²) in [5.41, 5.74) is 0.353. The molecule has 0 aliphatic heterocycles. The molecule has 11 heavy (non-hydrogen) atoms. The molecule has 64 valence electrons. The van der Waals surface area contributed by atoms with Gasteiger partial charge in [0.2, 0.25) is 0 Å². The molecule has 1 rings (SSSR count). The van der Waals surface area contributed by atoms with Crippen LogP contribution < -0.4 is 0 Å². The summed E-state index contributed by atoms with van der Waals surface area (Å²) in [7, 11) is 1.40. The van der Waals surface area contributed by atoms with E-state index in [0.29, 0.717) is 18.4 Å². The van der Waals surface area contributed by atoms with Gasteiger partial charge in [0.1, 0.15) is 0 Å². The summed E-state index contributed by atoms with van der Waals surface area (Å²) in [6, 6.07) is 0. The number of rotatable bonds is 1. The maximum absolute atomic E-state index is 12.9. The molecule has 0 bridgehead atoms. The van der Waals surface area contributed by atoms with E-state index >= 15 is 0 Å². The van der Waals surface area contributed by atoms with E-state index in [-0.39, 0.29) is 0 Å². The second-order valence-electron chi connectivity index (χ2n) is 2.82. The third-order valence-electron chi connectivity index (χ3n) is 2.08. The van der Waals surface area contributed by atoms with Gasteiger partial charge in [0.25, 0.3) is 0 Å². The Morgan fingerprint density at radius 2 is 2.18 bits per heavy atom. The van der Waals surface area contributed by atoms with Crippen LogP contribution in [0.25, 0.3) is 0 Å². The van der Waals surface area contributed by atoms with Gasteiger partial charge in [0.15, 0.2) is 12.3 Å². The van der Waals surface area contributed by atoms with E-state index < -0.39 is 18.4 Å². The largest absolute Gasteiger partial charge is 0.378 e. The molecule has 0 aromatic carbocycles. The Morgan fingerprint density at radius 1 is 1.55 bits per heavy atom. The summed E-state index contributed by atoms with van der Waals surface area (Å²) < 4.78 is 30.6. The van der Waals surface area contributed by atoms with Gasteiger partial charge in [0, 0.05) is 7.11 Å². The summed E-state index contributed by atoms with van der Waals surface area (Å²) in [6.07, 6.45) is -2.58. The predicted octanol–water partition coefficient (Wildman–Crippen LogP) is 2.03. The highest BCUT2D eigenvalue weighted by Gasteiger charge is 2.35. The first kappa shape index (κ1) is 8.65. The van der Waals surface area contributed by atoms with E-state index in [1.807, 2.05) is 0 Å². The Hall–Kier alpha value is -0.440. The van der Waals surface area contributed by atoms with Crippen molar-refractivity contribution in [1.82, 2.24) is 0 Å². The van der Waals surface area contributed by atoms with Crippen LogP contribution in [0, 0.1) is 0 Å². The topological polar surface area (TPSA) is 9.23 Å². The van der Waals surface area contributed by atoms with E-state index in [9.17, 15) is 8.78 Å². The van der Waals surface area contributed by atoms with Gasteiger partial charge in [-0.15, -0.1) is 0 Å². The van der Waals surface area contributed by atoms with Gasteiger partial charge < -0.3 is 4.74 Å². The van der Waals surface area contributed by atoms with Gasteiger partial charge in [-0.2, -0.15) is 0 Å². The highest BCUT2D eigenvalue weighted by Crippen LogP contribution is 2.29. The third kappa shape index (κ3) is 1.59. The molecule has 0 saturated heterocycles. The van der Waals surface area contributed by atoms with Crippen LogP contribution in [-0.4, -0.2) is 25.6 Å². The lowest BCUT2D eigenvalue weighted by Crippen LogP contribution is -2.37. The van der Waals surface area contributed by atoms with Crippen molar-refractivity contribution in [2.75, 3.05) is 7.11 Å². The number of allylic oxidation sites excluding steroid dienone is 1. The molecule has 1 nitrogen and oxygen atoms in total. The zero-order valence-corrected chi connectivity index (χ0v) is 6.52. The van der Waals surface area contributed by atoms with Crippen LogP contribution in [0.3, 0.4) is 0 Å². The van der Waals surface area contributed by atoms with Crippen molar-refractivity contribution in [2.24, 2.45) is 0 Å². The maximum Gasteiger partial charge on any atom is 0.161 e. The summed E-state index contributed by atoms with van der Waals surface area (Å²) in [6.45, 7) is 3.44. The molecule has 1 saturated carbocycles. The molecule has 1 aliphatic rings. The first-order chi connectivity index (χ1) is 5.16. The quantitative estimate of drug-likeness (QED) is 0.536. The Balaban J connectivity index is 2.59. The standard InChI is InChI=1S/C8H12F2O/c1-5-3-4-6(11-2)8(10)7(5)9/h6-8H,1,3-4H2,2H3. The van der Waals surface area contributed by atoms with Gasteiger partial charge in [-0.1, -0.05) is 6.58 Å². The van der Waals surface area contributed by atoms with Crippen LogP contribution in [0.4, 0.5) is 8.78 Å². The fraction of sp³-hybridized carbons (Fsp3) is 0.750. The van der Waals surface area contributed by atoms with Crippen molar-refractivity contribution in [3.8, 4) is 0 Å². The zero-order valence-electron chi connectivity index (χ0n) is 6.52. The van der Waals surface area contributed by atoms with Gasteiger partial charge in [0.05, 0.1) is 6.10 Å². The normalized spacial score (nSPS) is 39.2. The van der Waals surface area contributed by atoms with Gasteiger partial charge >= 0.3 is 0 Å². The smallest absolute Gasteiger partial charge is 0.161 e. The molecular formula is C8H12F2O. The number of ether oxygens (including phenoxy) is 1. The molecule has 0 aromatic heterocycles. The van der Waals surface area contributed by atoms with Crippen LogP contribution in [-0.2, 0) is 4.74 Å². The number of hydrogen-bond donors (Lipinski definition) is 0. The minimum Gasteiger partial charge on any atom is -0.378 e. The lowest BCUT2D eigenvalue weighted by molar-refractivity contribution is -0.0147. The fourth-order valence-electron chi connectivity index (χ4n) is 1.29. The molecule has 0 amide bonds. The molecule has 3 heteroatoms. The summed E-state index contributed by atoms with van der Waals surface area (Å²) in [5, 5.41) is 0. The second kappa shape index (κ2) is 3.30. The molecule has 1 fully saturated rings. The van der Waals surface area contributed by atoms with Crippen LogP contribution in [0.15, 0.2) is 12.2 Å². The Kier molecular flexibility index (Phi) is 2.60. The van der Waals surface area contributed by atoms with Crippen molar-refractivity contribution < 1.29 is 13.5 Å². The van der Waals surface area contributed by atoms with Crippen LogP contribution in [0.2, 0.25) is 0 Å². The molecule has 0 radical (unpaired) electrons. The lowest BCUT2D eigenvalue weighted by Gasteiger charge is -2.28. The highest BCUT2D eigenvalue weighted by molar-refractivity contribution is 5.10. The Bertz CT molecular complexity index is 158. The minimum absolute atomic E-state index is 0.353. The average Bonchev–Trinajstić information content (AvgIpc) is 2.01. The van der Waals surface area contributed by atoms with E-state index in [0.717, 1.165) is 0 Å². The van der Waals surface area contributed by atoms with E-state index in [1.165, 1.54) is 7.11 Å². The van der Waals surface area contributed by atoms with E-state index in [1.54, 1.807) is 0 Å². The monoisotopic (exact) mass is 162 g/mol. The average molecular weight is 162 g/mol. The van der Waals surface area contributed by atoms with Crippen molar-refractivity contribution in [3.05, 3.63) is 12.2 Å². The van der Waals surface area contributed by atoms with Crippen molar-refractivity contribution in [2.45, 2.75) is 31.3 Å². The predicted molar refractivity (Wildman–Crippen MR) is 39.0 cm³/mol. The molecular weight excluding hydrogens is 150 g/mol. The fourth-order valence-corrected chi connectivity index (χ4v) is 1.29. The second-order valence-corrected chi connectivity index (χ2v) is 2.82.